The van der Waals surface area contributed by atoms with Gasteiger partial charge in [-0.25, -0.2) is 0 Å². The molecule has 0 saturated heterocycles. The van der Waals surface area contributed by atoms with E-state index in [9.17, 15) is 0 Å². The fourth-order valence-corrected chi connectivity index (χ4v) is 3.08. The largest absolute Gasteiger partial charge is 0.310 e. The Bertz CT molecular complexity index is 577. The van der Waals surface area contributed by atoms with Crippen LogP contribution in [0.15, 0.2) is 35.1 Å². The molecule has 1 atom stereocenters. The lowest BCUT2D eigenvalue weighted by Gasteiger charge is -2.21. The van der Waals surface area contributed by atoms with Crippen molar-refractivity contribution >= 4 is 15.9 Å². The fourth-order valence-electron chi connectivity index (χ4n) is 2.54. The van der Waals surface area contributed by atoms with E-state index in [-0.39, 0.29) is 0 Å². The van der Waals surface area contributed by atoms with Gasteiger partial charge in [0.1, 0.15) is 0 Å². The van der Waals surface area contributed by atoms with Gasteiger partial charge < -0.3 is 5.32 Å². The zero-order chi connectivity index (χ0) is 15.2. The third-order valence-electron chi connectivity index (χ3n) is 3.72. The van der Waals surface area contributed by atoms with E-state index in [1.807, 2.05) is 17.9 Å². The number of aryl methyl sites for hydroxylation is 3. The van der Waals surface area contributed by atoms with Gasteiger partial charge in [-0.15, -0.1) is 0 Å². The van der Waals surface area contributed by atoms with Crippen LogP contribution in [0.5, 0.6) is 0 Å². The third-order valence-corrected chi connectivity index (χ3v) is 4.80. The van der Waals surface area contributed by atoms with E-state index >= 15 is 0 Å². The first-order valence-electron chi connectivity index (χ1n) is 7.57. The van der Waals surface area contributed by atoms with Crippen molar-refractivity contribution < 1.29 is 0 Å². The fraction of sp³-hybridized carbons (Fsp3) is 0.471. The van der Waals surface area contributed by atoms with E-state index in [4.69, 9.17) is 0 Å². The monoisotopic (exact) mass is 349 g/mol. The molecule has 1 heterocycles. The Hall–Kier alpha value is -1.13. The van der Waals surface area contributed by atoms with Crippen LogP contribution >= 0.6 is 15.9 Å². The highest BCUT2D eigenvalue weighted by atomic mass is 79.9. The zero-order valence-electron chi connectivity index (χ0n) is 13.1. The van der Waals surface area contributed by atoms with Gasteiger partial charge >= 0.3 is 0 Å². The summed E-state index contributed by atoms with van der Waals surface area (Å²) in [5.74, 6) is 0. The van der Waals surface area contributed by atoms with Crippen LogP contribution in [0.2, 0.25) is 0 Å². The summed E-state index contributed by atoms with van der Waals surface area (Å²) in [7, 11) is 1.97. The van der Waals surface area contributed by atoms with Gasteiger partial charge in [0, 0.05) is 23.8 Å². The van der Waals surface area contributed by atoms with Crippen molar-refractivity contribution in [3.05, 3.63) is 51.8 Å². The minimum absolute atomic E-state index is 0.374. The summed E-state index contributed by atoms with van der Waals surface area (Å²) in [6.45, 7) is 5.39. The van der Waals surface area contributed by atoms with Crippen molar-refractivity contribution in [1.29, 1.82) is 0 Å². The van der Waals surface area contributed by atoms with Crippen LogP contribution in [-0.2, 0) is 13.5 Å². The van der Waals surface area contributed by atoms with Crippen LogP contribution in [-0.4, -0.2) is 16.3 Å². The summed E-state index contributed by atoms with van der Waals surface area (Å²) in [5, 5.41) is 7.92. The molecule has 1 aromatic carbocycles. The molecule has 0 amide bonds. The maximum absolute atomic E-state index is 4.25. The summed E-state index contributed by atoms with van der Waals surface area (Å²) >= 11 is 3.75. The minimum Gasteiger partial charge on any atom is -0.310 e. The molecule has 1 N–H and O–H groups in total. The van der Waals surface area contributed by atoms with Crippen LogP contribution in [0.4, 0.5) is 0 Å². The van der Waals surface area contributed by atoms with Crippen LogP contribution in [0.3, 0.4) is 0 Å². The van der Waals surface area contributed by atoms with Crippen molar-refractivity contribution in [1.82, 2.24) is 15.1 Å². The summed E-state index contributed by atoms with van der Waals surface area (Å²) in [4.78, 5) is 0. The lowest BCUT2D eigenvalue weighted by molar-refractivity contribution is 0.497. The molecule has 3 nitrogen and oxygen atoms in total. The molecular formula is C17H24BrN3. The van der Waals surface area contributed by atoms with Gasteiger partial charge in [-0.2, -0.15) is 5.10 Å². The first-order chi connectivity index (χ1) is 10.1. The third kappa shape index (κ3) is 4.42. The molecule has 0 bridgehead atoms. The van der Waals surface area contributed by atoms with Gasteiger partial charge in [0.2, 0.25) is 0 Å². The van der Waals surface area contributed by atoms with E-state index in [2.05, 4.69) is 64.6 Å². The van der Waals surface area contributed by atoms with Crippen LogP contribution < -0.4 is 5.32 Å². The molecule has 0 aliphatic carbocycles. The molecule has 2 aromatic rings. The average Bonchev–Trinajstić information content (AvgIpc) is 2.88. The van der Waals surface area contributed by atoms with Gasteiger partial charge in [-0.05, 0) is 49.4 Å². The predicted molar refractivity (Wildman–Crippen MR) is 91.4 cm³/mol. The molecule has 0 aliphatic rings. The van der Waals surface area contributed by atoms with Gasteiger partial charge in [0.15, 0.2) is 0 Å². The summed E-state index contributed by atoms with van der Waals surface area (Å²) < 4.78 is 3.09. The second-order valence-corrected chi connectivity index (χ2v) is 6.34. The van der Waals surface area contributed by atoms with Crippen molar-refractivity contribution in [2.75, 3.05) is 6.54 Å². The molecule has 1 unspecified atom stereocenters. The number of rotatable bonds is 7. The van der Waals surface area contributed by atoms with Crippen LogP contribution in [0.1, 0.15) is 42.5 Å². The van der Waals surface area contributed by atoms with Gasteiger partial charge in [-0.1, -0.05) is 41.1 Å². The lowest BCUT2D eigenvalue weighted by Crippen LogP contribution is -2.23. The molecule has 1 aromatic heterocycles. The first kappa shape index (κ1) is 16.2. The Kier molecular flexibility index (Phi) is 6.00. The van der Waals surface area contributed by atoms with Crippen molar-refractivity contribution in [3.63, 3.8) is 0 Å². The van der Waals surface area contributed by atoms with E-state index in [0.29, 0.717) is 6.04 Å². The minimum atomic E-state index is 0.374. The molecule has 0 fully saturated rings. The molecule has 0 radical (unpaired) electrons. The number of nitrogens with one attached hydrogen (secondary N) is 1. The molecule has 21 heavy (non-hydrogen) atoms. The molecule has 2 rings (SSSR count). The van der Waals surface area contributed by atoms with Crippen molar-refractivity contribution in [3.8, 4) is 0 Å². The molecule has 4 heteroatoms. The number of nitrogens with zero attached hydrogens (tertiary/aromatic N) is 2. The Balaban J connectivity index is 2.11. The number of hydrogen-bond acceptors (Lipinski definition) is 2. The summed E-state index contributed by atoms with van der Waals surface area (Å²) in [6.07, 6.45) is 7.32. The maximum Gasteiger partial charge on any atom is 0.0521 e. The normalized spacial score (nSPS) is 12.6. The van der Waals surface area contributed by atoms with E-state index in [1.54, 1.807) is 0 Å². The van der Waals surface area contributed by atoms with Crippen LogP contribution in [0.25, 0.3) is 0 Å². The number of hydrogen-bond donors (Lipinski definition) is 1. The van der Waals surface area contributed by atoms with Gasteiger partial charge in [0.25, 0.3) is 0 Å². The molecular weight excluding hydrogens is 326 g/mol. The Morgan fingerprint density at radius 1 is 1.38 bits per heavy atom. The smallest absolute Gasteiger partial charge is 0.0521 e. The number of halogens is 1. The van der Waals surface area contributed by atoms with E-state index < -0.39 is 0 Å². The van der Waals surface area contributed by atoms with Gasteiger partial charge in [-0.3, -0.25) is 4.68 Å². The highest BCUT2D eigenvalue weighted by molar-refractivity contribution is 9.10. The Labute approximate surface area is 135 Å². The van der Waals surface area contributed by atoms with E-state index in [1.165, 1.54) is 21.2 Å². The lowest BCUT2D eigenvalue weighted by atomic mass is 9.98. The first-order valence-corrected chi connectivity index (χ1v) is 8.37. The topological polar surface area (TPSA) is 29.9 Å². The molecule has 0 spiro atoms. The molecule has 0 saturated carbocycles. The van der Waals surface area contributed by atoms with E-state index in [0.717, 1.165) is 25.8 Å². The SMILES string of the molecule is CCCNC(CCc1cnn(C)c1)c1cccc(C)c1Br. The number of benzene rings is 1. The molecule has 114 valence electrons. The Morgan fingerprint density at radius 2 is 2.19 bits per heavy atom. The average molecular weight is 350 g/mol. The number of aromatic nitrogens is 2. The summed E-state index contributed by atoms with van der Waals surface area (Å²) in [5.41, 5.74) is 3.94. The quantitative estimate of drug-likeness (QED) is 0.812. The highest BCUT2D eigenvalue weighted by Crippen LogP contribution is 2.29. The maximum atomic E-state index is 4.25. The highest BCUT2D eigenvalue weighted by Gasteiger charge is 2.15. The standard InChI is InChI=1S/C17H24BrN3/c1-4-10-19-16(9-8-14-11-20-21(3)12-14)15-7-5-6-13(2)17(15)18/h5-7,11-12,16,19H,4,8-10H2,1-3H3. The molecule has 0 aliphatic heterocycles. The second kappa shape index (κ2) is 7.76. The van der Waals surface area contributed by atoms with Crippen LogP contribution in [0, 0.1) is 6.92 Å². The second-order valence-electron chi connectivity index (χ2n) is 5.55. The summed E-state index contributed by atoms with van der Waals surface area (Å²) in [6, 6.07) is 6.87. The van der Waals surface area contributed by atoms with Crippen molar-refractivity contribution in [2.45, 2.75) is 39.2 Å². The predicted octanol–water partition coefficient (Wildman–Crippen LogP) is 4.16. The van der Waals surface area contributed by atoms with Crippen molar-refractivity contribution in [2.24, 2.45) is 7.05 Å². The Morgan fingerprint density at radius 3 is 2.86 bits per heavy atom. The zero-order valence-corrected chi connectivity index (χ0v) is 14.7. The van der Waals surface area contributed by atoms with Gasteiger partial charge in [0.05, 0.1) is 6.20 Å².